The standard InChI is InChI=1S/C12H18N2O2/c1-5-14(3)12(15)13-11-7-6-10(16-4)8-9(11)2/h6-8H,5H2,1-4H3,(H,13,15). The Balaban J connectivity index is 2.78. The molecule has 4 nitrogen and oxygen atoms in total. The lowest BCUT2D eigenvalue weighted by molar-refractivity contribution is 0.224. The molecule has 4 heteroatoms. The van der Waals surface area contributed by atoms with E-state index in [4.69, 9.17) is 4.74 Å². The van der Waals surface area contributed by atoms with E-state index in [-0.39, 0.29) is 6.03 Å². The van der Waals surface area contributed by atoms with E-state index in [1.54, 1.807) is 19.1 Å². The summed E-state index contributed by atoms with van der Waals surface area (Å²) in [6.45, 7) is 4.55. The van der Waals surface area contributed by atoms with Gasteiger partial charge in [0.1, 0.15) is 5.75 Å². The Bertz CT molecular complexity index is 377. The molecule has 0 aliphatic rings. The minimum Gasteiger partial charge on any atom is -0.497 e. The molecule has 0 fully saturated rings. The molecule has 1 aromatic rings. The Morgan fingerprint density at radius 3 is 2.69 bits per heavy atom. The number of aryl methyl sites for hydroxylation is 1. The van der Waals surface area contributed by atoms with Crippen LogP contribution >= 0.6 is 0 Å². The second kappa shape index (κ2) is 5.39. The molecule has 0 heterocycles. The van der Waals surface area contributed by atoms with Gasteiger partial charge in [0.05, 0.1) is 7.11 Å². The maximum atomic E-state index is 11.6. The summed E-state index contributed by atoms with van der Waals surface area (Å²) in [6.07, 6.45) is 0. The highest BCUT2D eigenvalue weighted by Crippen LogP contribution is 2.21. The molecule has 0 atom stereocenters. The van der Waals surface area contributed by atoms with E-state index in [1.165, 1.54) is 0 Å². The number of amides is 2. The van der Waals surface area contributed by atoms with Crippen molar-refractivity contribution in [1.29, 1.82) is 0 Å². The second-order valence-corrected chi connectivity index (χ2v) is 3.63. The maximum absolute atomic E-state index is 11.6. The molecule has 0 unspecified atom stereocenters. The normalized spacial score (nSPS) is 9.75. The van der Waals surface area contributed by atoms with Crippen LogP contribution in [0.2, 0.25) is 0 Å². The summed E-state index contributed by atoms with van der Waals surface area (Å²) in [4.78, 5) is 13.2. The molecule has 2 amide bonds. The SMILES string of the molecule is CCN(C)C(=O)Nc1ccc(OC)cc1C. The van der Waals surface area contributed by atoms with Crippen LogP contribution in [0.25, 0.3) is 0 Å². The zero-order valence-electron chi connectivity index (χ0n) is 10.2. The number of carbonyl (C=O) groups is 1. The van der Waals surface area contributed by atoms with Gasteiger partial charge in [0.25, 0.3) is 0 Å². The summed E-state index contributed by atoms with van der Waals surface area (Å²) in [5, 5.41) is 2.84. The number of nitrogens with one attached hydrogen (secondary N) is 1. The van der Waals surface area contributed by atoms with Crippen molar-refractivity contribution in [3.63, 3.8) is 0 Å². The van der Waals surface area contributed by atoms with Gasteiger partial charge in [-0.1, -0.05) is 0 Å². The number of carbonyl (C=O) groups excluding carboxylic acids is 1. The summed E-state index contributed by atoms with van der Waals surface area (Å²) in [5.74, 6) is 0.791. The van der Waals surface area contributed by atoms with E-state index in [0.29, 0.717) is 6.54 Å². The van der Waals surface area contributed by atoms with Crippen LogP contribution in [0.3, 0.4) is 0 Å². The fourth-order valence-electron chi connectivity index (χ4n) is 1.26. The minimum atomic E-state index is -0.101. The first kappa shape index (κ1) is 12.4. The van der Waals surface area contributed by atoms with Gasteiger partial charge in [-0.3, -0.25) is 0 Å². The van der Waals surface area contributed by atoms with Crippen molar-refractivity contribution in [1.82, 2.24) is 4.90 Å². The predicted molar refractivity (Wildman–Crippen MR) is 65.1 cm³/mol. The summed E-state index contributed by atoms with van der Waals surface area (Å²) < 4.78 is 5.10. The third kappa shape index (κ3) is 2.89. The third-order valence-corrected chi connectivity index (χ3v) is 2.50. The minimum absolute atomic E-state index is 0.101. The average molecular weight is 222 g/mol. The molecule has 1 N–H and O–H groups in total. The Morgan fingerprint density at radius 2 is 2.19 bits per heavy atom. The van der Waals surface area contributed by atoms with Gasteiger partial charge >= 0.3 is 6.03 Å². The number of methoxy groups -OCH3 is 1. The summed E-state index contributed by atoms with van der Waals surface area (Å²) in [6, 6.07) is 5.46. The number of benzene rings is 1. The van der Waals surface area contributed by atoms with Crippen LogP contribution in [-0.4, -0.2) is 31.6 Å². The first-order chi connectivity index (χ1) is 7.58. The van der Waals surface area contributed by atoms with E-state index in [1.807, 2.05) is 32.0 Å². The molecule has 0 aliphatic carbocycles. The molecule has 0 aliphatic heterocycles. The first-order valence-corrected chi connectivity index (χ1v) is 5.25. The fraction of sp³-hybridized carbons (Fsp3) is 0.417. The predicted octanol–water partition coefficient (Wildman–Crippen LogP) is 2.49. The van der Waals surface area contributed by atoms with Crippen LogP contribution in [-0.2, 0) is 0 Å². The van der Waals surface area contributed by atoms with E-state index >= 15 is 0 Å². The maximum Gasteiger partial charge on any atom is 0.321 e. The third-order valence-electron chi connectivity index (χ3n) is 2.50. The zero-order chi connectivity index (χ0) is 12.1. The number of hydrogen-bond acceptors (Lipinski definition) is 2. The highest BCUT2D eigenvalue weighted by atomic mass is 16.5. The summed E-state index contributed by atoms with van der Waals surface area (Å²) in [7, 11) is 3.38. The zero-order valence-corrected chi connectivity index (χ0v) is 10.2. The fourth-order valence-corrected chi connectivity index (χ4v) is 1.26. The Hall–Kier alpha value is -1.71. The molecule has 1 aromatic carbocycles. The first-order valence-electron chi connectivity index (χ1n) is 5.25. The van der Waals surface area contributed by atoms with Gasteiger partial charge < -0.3 is 15.0 Å². The van der Waals surface area contributed by atoms with Gasteiger partial charge in [-0.05, 0) is 37.6 Å². The summed E-state index contributed by atoms with van der Waals surface area (Å²) in [5.41, 5.74) is 1.79. The summed E-state index contributed by atoms with van der Waals surface area (Å²) >= 11 is 0. The van der Waals surface area contributed by atoms with E-state index in [0.717, 1.165) is 17.0 Å². The number of urea groups is 1. The Morgan fingerprint density at radius 1 is 1.50 bits per heavy atom. The molecular formula is C12H18N2O2. The van der Waals surface area contributed by atoms with Crippen molar-refractivity contribution in [3.05, 3.63) is 23.8 Å². The quantitative estimate of drug-likeness (QED) is 0.853. The van der Waals surface area contributed by atoms with Gasteiger partial charge in [0.15, 0.2) is 0 Å². The van der Waals surface area contributed by atoms with Crippen molar-refractivity contribution in [2.75, 3.05) is 26.0 Å². The second-order valence-electron chi connectivity index (χ2n) is 3.63. The highest BCUT2D eigenvalue weighted by Gasteiger charge is 2.08. The topological polar surface area (TPSA) is 41.6 Å². The Kier molecular flexibility index (Phi) is 4.17. The molecule has 0 radical (unpaired) electrons. The van der Waals surface area contributed by atoms with Crippen LogP contribution in [0.4, 0.5) is 10.5 Å². The van der Waals surface area contributed by atoms with Crippen molar-refractivity contribution in [2.24, 2.45) is 0 Å². The van der Waals surface area contributed by atoms with Crippen LogP contribution < -0.4 is 10.1 Å². The van der Waals surface area contributed by atoms with Crippen LogP contribution in [0.1, 0.15) is 12.5 Å². The van der Waals surface area contributed by atoms with Gasteiger partial charge in [-0.2, -0.15) is 0 Å². The van der Waals surface area contributed by atoms with Gasteiger partial charge in [0, 0.05) is 19.3 Å². The molecule has 0 bridgehead atoms. The molecule has 0 aromatic heterocycles. The lowest BCUT2D eigenvalue weighted by Gasteiger charge is -2.16. The number of nitrogens with zero attached hydrogens (tertiary/aromatic N) is 1. The van der Waals surface area contributed by atoms with Gasteiger partial charge in [0.2, 0.25) is 0 Å². The largest absolute Gasteiger partial charge is 0.497 e. The monoisotopic (exact) mass is 222 g/mol. The smallest absolute Gasteiger partial charge is 0.321 e. The number of anilines is 1. The number of rotatable bonds is 3. The van der Waals surface area contributed by atoms with Gasteiger partial charge in [-0.15, -0.1) is 0 Å². The van der Waals surface area contributed by atoms with E-state index in [2.05, 4.69) is 5.32 Å². The lowest BCUT2D eigenvalue weighted by atomic mass is 10.2. The number of hydrogen-bond donors (Lipinski definition) is 1. The lowest BCUT2D eigenvalue weighted by Crippen LogP contribution is -2.31. The van der Waals surface area contributed by atoms with Crippen molar-refractivity contribution >= 4 is 11.7 Å². The van der Waals surface area contributed by atoms with Crippen LogP contribution in [0.5, 0.6) is 5.75 Å². The van der Waals surface area contributed by atoms with Crippen molar-refractivity contribution in [2.45, 2.75) is 13.8 Å². The highest BCUT2D eigenvalue weighted by molar-refractivity contribution is 5.90. The molecule has 88 valence electrons. The molecule has 0 spiro atoms. The number of ether oxygens (including phenoxy) is 1. The van der Waals surface area contributed by atoms with E-state index in [9.17, 15) is 4.79 Å². The van der Waals surface area contributed by atoms with Crippen molar-refractivity contribution < 1.29 is 9.53 Å². The Labute approximate surface area is 96.2 Å². The molecule has 16 heavy (non-hydrogen) atoms. The van der Waals surface area contributed by atoms with Crippen LogP contribution in [0, 0.1) is 6.92 Å². The van der Waals surface area contributed by atoms with E-state index < -0.39 is 0 Å². The van der Waals surface area contributed by atoms with Crippen molar-refractivity contribution in [3.8, 4) is 5.75 Å². The van der Waals surface area contributed by atoms with Crippen LogP contribution in [0.15, 0.2) is 18.2 Å². The average Bonchev–Trinajstić information content (AvgIpc) is 2.30. The molecule has 0 saturated carbocycles. The van der Waals surface area contributed by atoms with Gasteiger partial charge in [-0.25, -0.2) is 4.79 Å². The molecule has 1 rings (SSSR count). The molecule has 0 saturated heterocycles. The molecular weight excluding hydrogens is 204 g/mol.